The van der Waals surface area contributed by atoms with Gasteiger partial charge >= 0.3 is 0 Å². The van der Waals surface area contributed by atoms with Crippen LogP contribution in [0.15, 0.2) is 40.5 Å². The largest absolute Gasteiger partial charge is 0.372 e. The molecule has 0 radical (unpaired) electrons. The maximum Gasteiger partial charge on any atom is 0.172 e. The van der Waals surface area contributed by atoms with Gasteiger partial charge in [0.15, 0.2) is 5.16 Å². The Kier molecular flexibility index (Phi) is 3.74. The second-order valence-corrected chi connectivity index (χ2v) is 5.81. The first-order valence-corrected chi connectivity index (χ1v) is 7.41. The molecule has 0 spiro atoms. The van der Waals surface area contributed by atoms with Crippen LogP contribution in [-0.2, 0) is 0 Å². The van der Waals surface area contributed by atoms with Crippen LogP contribution in [0.3, 0.4) is 0 Å². The van der Waals surface area contributed by atoms with Crippen molar-refractivity contribution >= 4 is 51.8 Å². The number of aromatic nitrogens is 3. The van der Waals surface area contributed by atoms with E-state index in [-0.39, 0.29) is 0 Å². The molecule has 4 nitrogen and oxygen atoms in total. The van der Waals surface area contributed by atoms with Crippen molar-refractivity contribution in [3.05, 3.63) is 40.4 Å². The molecule has 0 aliphatic heterocycles. The number of rotatable bonds is 3. The number of nitrogens with zero attached hydrogens (tertiary/aromatic N) is 2. The molecule has 0 atom stereocenters. The highest BCUT2D eigenvalue weighted by Gasteiger charge is 2.12. The zero-order valence-electron chi connectivity index (χ0n) is 10.4. The lowest BCUT2D eigenvalue weighted by Gasteiger charge is -2.06. The Morgan fingerprint density at radius 3 is 2.70 bits per heavy atom. The summed E-state index contributed by atoms with van der Waals surface area (Å²) in [6.45, 7) is 0. The number of hydrogen-bond acceptors (Lipinski definition) is 4. The summed E-state index contributed by atoms with van der Waals surface area (Å²) in [5, 5.41) is 5.31. The van der Waals surface area contributed by atoms with Crippen LogP contribution in [-0.4, -0.2) is 22.0 Å². The van der Waals surface area contributed by atoms with Crippen molar-refractivity contribution < 1.29 is 0 Å². The Morgan fingerprint density at radius 2 is 1.95 bits per heavy atom. The van der Waals surface area contributed by atoms with Crippen LogP contribution in [0.25, 0.3) is 11.0 Å². The molecule has 0 unspecified atom stereocenters. The minimum absolute atomic E-state index is 0.492. The number of pyridine rings is 1. The van der Waals surface area contributed by atoms with Crippen LogP contribution in [0.1, 0.15) is 0 Å². The summed E-state index contributed by atoms with van der Waals surface area (Å²) in [5.41, 5.74) is 1.89. The molecule has 0 fully saturated rings. The van der Waals surface area contributed by atoms with Crippen molar-refractivity contribution in [2.24, 2.45) is 0 Å². The van der Waals surface area contributed by atoms with E-state index in [9.17, 15) is 0 Å². The fourth-order valence-corrected chi connectivity index (χ4v) is 3.12. The summed E-state index contributed by atoms with van der Waals surface area (Å²) in [6.07, 6.45) is 0. The van der Waals surface area contributed by atoms with Gasteiger partial charge in [-0.2, -0.15) is 0 Å². The predicted molar refractivity (Wildman–Crippen MR) is 84.0 cm³/mol. The van der Waals surface area contributed by atoms with E-state index in [0.717, 1.165) is 16.2 Å². The van der Waals surface area contributed by atoms with Gasteiger partial charge in [0.25, 0.3) is 0 Å². The zero-order valence-corrected chi connectivity index (χ0v) is 12.8. The van der Waals surface area contributed by atoms with Crippen molar-refractivity contribution in [2.75, 3.05) is 12.4 Å². The fraction of sp³-hybridized carbons (Fsp3) is 0.0769. The molecule has 0 aliphatic rings. The van der Waals surface area contributed by atoms with Gasteiger partial charge in [0.05, 0.1) is 21.1 Å². The highest BCUT2D eigenvalue weighted by Crippen LogP contribution is 2.35. The number of fused-ring (bicyclic) bond motifs is 1. The highest BCUT2D eigenvalue weighted by atomic mass is 35.5. The topological polar surface area (TPSA) is 53.6 Å². The van der Waals surface area contributed by atoms with Crippen LogP contribution in [0, 0.1) is 0 Å². The molecular weight excluding hydrogens is 315 g/mol. The molecule has 20 heavy (non-hydrogen) atoms. The minimum atomic E-state index is 0.492. The van der Waals surface area contributed by atoms with Gasteiger partial charge in [-0.05, 0) is 30.0 Å². The number of benzene rings is 1. The smallest absolute Gasteiger partial charge is 0.172 e. The summed E-state index contributed by atoms with van der Waals surface area (Å²) < 4.78 is 0. The van der Waals surface area contributed by atoms with Crippen LogP contribution in [0.5, 0.6) is 0 Å². The Morgan fingerprint density at radius 1 is 1.15 bits per heavy atom. The van der Waals surface area contributed by atoms with Crippen molar-refractivity contribution in [2.45, 2.75) is 10.2 Å². The highest BCUT2D eigenvalue weighted by molar-refractivity contribution is 7.99. The molecule has 0 amide bonds. The third kappa shape index (κ3) is 2.57. The number of nitrogens with one attached hydrogen (secondary N) is 2. The molecule has 0 saturated heterocycles. The molecule has 0 bridgehead atoms. The summed E-state index contributed by atoms with van der Waals surface area (Å²) in [6, 6.07) is 9.51. The second-order valence-electron chi connectivity index (χ2n) is 4.02. The third-order valence-corrected chi connectivity index (χ3v) is 4.27. The number of H-pyrrole nitrogens is 1. The van der Waals surface area contributed by atoms with E-state index in [2.05, 4.69) is 20.3 Å². The van der Waals surface area contributed by atoms with E-state index in [0.29, 0.717) is 20.9 Å². The summed E-state index contributed by atoms with van der Waals surface area (Å²) in [5.74, 6) is 0.592. The van der Waals surface area contributed by atoms with Crippen molar-refractivity contribution in [1.29, 1.82) is 0 Å². The molecule has 0 aliphatic carbocycles. The van der Waals surface area contributed by atoms with E-state index in [4.69, 9.17) is 23.2 Å². The summed E-state index contributed by atoms with van der Waals surface area (Å²) >= 11 is 13.6. The third-order valence-electron chi connectivity index (χ3n) is 2.70. The monoisotopic (exact) mass is 324 g/mol. The molecule has 7 heteroatoms. The van der Waals surface area contributed by atoms with Gasteiger partial charge < -0.3 is 10.3 Å². The molecule has 3 rings (SSSR count). The van der Waals surface area contributed by atoms with E-state index in [1.54, 1.807) is 13.1 Å². The normalized spacial score (nSPS) is 10.9. The second kappa shape index (κ2) is 5.52. The first-order valence-electron chi connectivity index (χ1n) is 5.84. The van der Waals surface area contributed by atoms with E-state index in [1.165, 1.54) is 11.8 Å². The van der Waals surface area contributed by atoms with E-state index >= 15 is 0 Å². The number of aromatic amines is 1. The van der Waals surface area contributed by atoms with Crippen molar-refractivity contribution in [1.82, 2.24) is 15.0 Å². The first kappa shape index (κ1) is 13.5. The van der Waals surface area contributed by atoms with E-state index < -0.39 is 0 Å². The van der Waals surface area contributed by atoms with Crippen molar-refractivity contribution in [3.8, 4) is 0 Å². The maximum atomic E-state index is 6.17. The summed E-state index contributed by atoms with van der Waals surface area (Å²) in [7, 11) is 1.76. The molecule has 0 saturated carbocycles. The number of anilines is 1. The lowest BCUT2D eigenvalue weighted by molar-refractivity contribution is 1.06. The molecule has 102 valence electrons. The Labute approximate surface area is 129 Å². The molecule has 2 N–H and O–H groups in total. The van der Waals surface area contributed by atoms with Gasteiger partial charge in [0, 0.05) is 7.05 Å². The van der Waals surface area contributed by atoms with Crippen LogP contribution in [0.4, 0.5) is 5.82 Å². The maximum absolute atomic E-state index is 6.17. The van der Waals surface area contributed by atoms with Crippen LogP contribution < -0.4 is 5.32 Å². The van der Waals surface area contributed by atoms with E-state index in [1.807, 2.05) is 24.3 Å². The SMILES string of the molecule is CNc1nc(Sc2nc3ccccc3[nH]2)c(Cl)cc1Cl. The molecular formula is C13H10Cl2N4S. The molecule has 2 aromatic heterocycles. The van der Waals surface area contributed by atoms with Gasteiger partial charge in [0.1, 0.15) is 10.8 Å². The lowest BCUT2D eigenvalue weighted by Crippen LogP contribution is -1.95. The Bertz CT molecular complexity index is 739. The number of imidazole rings is 1. The molecule has 3 aromatic rings. The number of halogens is 2. The van der Waals surface area contributed by atoms with Crippen LogP contribution >= 0.6 is 35.0 Å². The zero-order chi connectivity index (χ0) is 14.1. The lowest BCUT2D eigenvalue weighted by atomic mass is 10.3. The number of para-hydroxylation sites is 2. The quantitative estimate of drug-likeness (QED) is 0.747. The minimum Gasteiger partial charge on any atom is -0.372 e. The molecule has 2 heterocycles. The van der Waals surface area contributed by atoms with Gasteiger partial charge in [-0.15, -0.1) is 0 Å². The van der Waals surface area contributed by atoms with Gasteiger partial charge in [-0.3, -0.25) is 0 Å². The fourth-order valence-electron chi connectivity index (χ4n) is 1.77. The first-order chi connectivity index (χ1) is 9.67. The average Bonchev–Trinajstić information content (AvgIpc) is 2.84. The number of hydrogen-bond donors (Lipinski definition) is 2. The Balaban J connectivity index is 1.98. The Hall–Kier alpha value is -1.43. The van der Waals surface area contributed by atoms with Gasteiger partial charge in [-0.25, -0.2) is 9.97 Å². The van der Waals surface area contributed by atoms with Crippen LogP contribution in [0.2, 0.25) is 10.0 Å². The summed E-state index contributed by atoms with van der Waals surface area (Å²) in [4.78, 5) is 12.1. The standard InChI is InChI=1S/C13H10Cl2N4S/c1-16-11-7(14)6-8(15)12(19-11)20-13-17-9-4-2-3-5-10(9)18-13/h2-6H,1H3,(H,16,19)(H,17,18). The van der Waals surface area contributed by atoms with Gasteiger partial charge in [0.2, 0.25) is 0 Å². The average molecular weight is 325 g/mol. The molecule has 1 aromatic carbocycles. The predicted octanol–water partition coefficient (Wildman–Crippen LogP) is 4.46. The van der Waals surface area contributed by atoms with Crippen molar-refractivity contribution in [3.63, 3.8) is 0 Å². The van der Waals surface area contributed by atoms with Gasteiger partial charge in [-0.1, -0.05) is 35.3 Å².